The van der Waals surface area contributed by atoms with Crippen LogP contribution < -0.4 is 4.74 Å². The summed E-state index contributed by atoms with van der Waals surface area (Å²) in [7, 11) is 0. The Morgan fingerprint density at radius 1 is 1.00 bits per heavy atom. The Morgan fingerprint density at radius 2 is 1.82 bits per heavy atom. The molecule has 0 fully saturated rings. The van der Waals surface area contributed by atoms with E-state index in [4.69, 9.17) is 4.74 Å². The summed E-state index contributed by atoms with van der Waals surface area (Å²) in [6.45, 7) is 0.825. The second-order valence-corrected chi connectivity index (χ2v) is 4.18. The van der Waals surface area contributed by atoms with Crippen LogP contribution in [0.5, 0.6) is 11.8 Å². The van der Waals surface area contributed by atoms with Crippen molar-refractivity contribution in [3.8, 4) is 11.8 Å². The van der Waals surface area contributed by atoms with E-state index in [1.54, 1.807) is 0 Å². The Balaban J connectivity index is 1.97. The molecule has 3 nitrogen and oxygen atoms in total. The fourth-order valence-corrected chi connectivity index (χ4v) is 2.29. The van der Waals surface area contributed by atoms with Gasteiger partial charge in [-0.25, -0.2) is 0 Å². The number of nitrogens with zero attached hydrogens (tertiary/aromatic N) is 2. The van der Waals surface area contributed by atoms with E-state index in [0.717, 1.165) is 23.3 Å². The number of imidazole rings is 1. The van der Waals surface area contributed by atoms with Crippen molar-refractivity contribution in [2.24, 2.45) is 0 Å². The maximum Gasteiger partial charge on any atom is 0.303 e. The Morgan fingerprint density at radius 3 is 2.82 bits per heavy atom. The van der Waals surface area contributed by atoms with E-state index in [0.29, 0.717) is 6.01 Å². The van der Waals surface area contributed by atoms with Crippen LogP contribution in [0.1, 0.15) is 5.56 Å². The van der Waals surface area contributed by atoms with Gasteiger partial charge < -0.3 is 4.74 Å². The van der Waals surface area contributed by atoms with Crippen molar-refractivity contribution in [3.63, 3.8) is 0 Å². The van der Waals surface area contributed by atoms with Gasteiger partial charge in [0.15, 0.2) is 0 Å². The SMILES string of the molecule is c1ccc2c(c1)Cn1c(nc3ccccc31)O2. The lowest BCUT2D eigenvalue weighted by molar-refractivity contribution is 0.393. The van der Waals surface area contributed by atoms with Gasteiger partial charge in [-0.3, -0.25) is 4.57 Å². The Bertz CT molecular complexity index is 715. The van der Waals surface area contributed by atoms with Crippen LogP contribution in [0.3, 0.4) is 0 Å². The Kier molecular flexibility index (Phi) is 1.61. The monoisotopic (exact) mass is 222 g/mol. The standard InChI is InChI=1S/C14H10N2O/c1-4-8-13-10(5-1)9-16-12-7-3-2-6-11(12)15-14(16)17-13/h1-8H,9H2. The highest BCUT2D eigenvalue weighted by Crippen LogP contribution is 2.34. The summed E-state index contributed by atoms with van der Waals surface area (Å²) >= 11 is 0. The summed E-state index contributed by atoms with van der Waals surface area (Å²) in [6, 6.07) is 16.9. The Labute approximate surface area is 98.3 Å². The van der Waals surface area contributed by atoms with Crippen molar-refractivity contribution >= 4 is 11.0 Å². The fourth-order valence-electron chi connectivity index (χ4n) is 2.29. The molecule has 0 spiro atoms. The zero-order valence-corrected chi connectivity index (χ0v) is 9.13. The topological polar surface area (TPSA) is 27.1 Å². The second-order valence-electron chi connectivity index (χ2n) is 4.18. The zero-order chi connectivity index (χ0) is 11.2. The third kappa shape index (κ3) is 1.19. The molecular formula is C14H10N2O. The van der Waals surface area contributed by atoms with E-state index in [1.165, 1.54) is 5.56 Å². The van der Waals surface area contributed by atoms with Gasteiger partial charge in [-0.15, -0.1) is 0 Å². The van der Waals surface area contributed by atoms with Crippen LogP contribution in [0.25, 0.3) is 11.0 Å². The van der Waals surface area contributed by atoms with Gasteiger partial charge in [-0.2, -0.15) is 4.98 Å². The predicted octanol–water partition coefficient (Wildman–Crippen LogP) is 3.19. The predicted molar refractivity (Wildman–Crippen MR) is 65.4 cm³/mol. The lowest BCUT2D eigenvalue weighted by atomic mass is 10.2. The molecule has 1 aliphatic heterocycles. The first kappa shape index (κ1) is 8.82. The molecule has 0 aliphatic carbocycles. The Hall–Kier alpha value is -2.29. The number of para-hydroxylation sites is 3. The van der Waals surface area contributed by atoms with E-state index >= 15 is 0 Å². The summed E-state index contributed by atoms with van der Waals surface area (Å²) < 4.78 is 7.92. The molecule has 2 aromatic carbocycles. The molecule has 0 atom stereocenters. The summed E-state index contributed by atoms with van der Waals surface area (Å²) in [4.78, 5) is 4.49. The first-order valence-corrected chi connectivity index (χ1v) is 5.63. The van der Waals surface area contributed by atoms with Crippen LogP contribution in [0, 0.1) is 0 Å². The number of aromatic nitrogens is 2. The lowest BCUT2D eigenvalue weighted by Crippen LogP contribution is -2.09. The average molecular weight is 222 g/mol. The third-order valence-electron chi connectivity index (χ3n) is 3.12. The van der Waals surface area contributed by atoms with Crippen LogP contribution in [0.15, 0.2) is 48.5 Å². The number of hydrogen-bond acceptors (Lipinski definition) is 2. The number of benzene rings is 2. The molecule has 0 bridgehead atoms. The van der Waals surface area contributed by atoms with Crippen molar-refractivity contribution in [1.29, 1.82) is 0 Å². The zero-order valence-electron chi connectivity index (χ0n) is 9.13. The number of hydrogen-bond donors (Lipinski definition) is 0. The molecule has 0 saturated heterocycles. The molecule has 0 N–H and O–H groups in total. The minimum Gasteiger partial charge on any atom is -0.425 e. The smallest absolute Gasteiger partial charge is 0.303 e. The van der Waals surface area contributed by atoms with E-state index in [-0.39, 0.29) is 0 Å². The van der Waals surface area contributed by atoms with Crippen LogP contribution in [0.2, 0.25) is 0 Å². The minimum atomic E-state index is 0.685. The van der Waals surface area contributed by atoms with Crippen LogP contribution in [0.4, 0.5) is 0 Å². The number of ether oxygens (including phenoxy) is 1. The molecule has 17 heavy (non-hydrogen) atoms. The normalized spacial score (nSPS) is 12.9. The molecule has 3 heteroatoms. The molecule has 0 saturated carbocycles. The first-order chi connectivity index (χ1) is 8.42. The van der Waals surface area contributed by atoms with Crippen LogP contribution in [-0.2, 0) is 6.54 Å². The van der Waals surface area contributed by atoms with Crippen LogP contribution in [-0.4, -0.2) is 9.55 Å². The number of fused-ring (bicyclic) bond motifs is 4. The molecular weight excluding hydrogens is 212 g/mol. The minimum absolute atomic E-state index is 0.685. The second kappa shape index (κ2) is 3.10. The van der Waals surface area contributed by atoms with Crippen molar-refractivity contribution in [2.75, 3.05) is 0 Å². The van der Waals surface area contributed by atoms with Gasteiger partial charge in [-0.1, -0.05) is 30.3 Å². The van der Waals surface area contributed by atoms with Crippen molar-refractivity contribution < 1.29 is 4.74 Å². The van der Waals surface area contributed by atoms with Crippen molar-refractivity contribution in [1.82, 2.24) is 9.55 Å². The van der Waals surface area contributed by atoms with Gasteiger partial charge in [0.25, 0.3) is 0 Å². The van der Waals surface area contributed by atoms with E-state index in [2.05, 4.69) is 21.7 Å². The van der Waals surface area contributed by atoms with Gasteiger partial charge in [0.1, 0.15) is 5.75 Å². The summed E-state index contributed by atoms with van der Waals surface area (Å²) in [5.74, 6) is 0.912. The highest BCUT2D eigenvalue weighted by Gasteiger charge is 2.19. The van der Waals surface area contributed by atoms with Crippen LogP contribution >= 0.6 is 0 Å². The van der Waals surface area contributed by atoms with Crippen molar-refractivity contribution in [2.45, 2.75) is 6.54 Å². The highest BCUT2D eigenvalue weighted by molar-refractivity contribution is 5.77. The molecule has 0 amide bonds. The third-order valence-corrected chi connectivity index (χ3v) is 3.12. The van der Waals surface area contributed by atoms with Crippen molar-refractivity contribution in [3.05, 3.63) is 54.1 Å². The summed E-state index contributed by atoms with van der Waals surface area (Å²) in [5, 5.41) is 0. The molecule has 82 valence electrons. The number of rotatable bonds is 0. The molecule has 2 heterocycles. The van der Waals surface area contributed by atoms with Gasteiger partial charge in [0.2, 0.25) is 0 Å². The van der Waals surface area contributed by atoms with E-state index < -0.39 is 0 Å². The maximum atomic E-state index is 5.81. The largest absolute Gasteiger partial charge is 0.425 e. The molecule has 1 aliphatic rings. The molecule has 0 radical (unpaired) electrons. The summed E-state index contributed by atoms with van der Waals surface area (Å²) in [6.07, 6.45) is 0. The van der Waals surface area contributed by atoms with E-state index in [9.17, 15) is 0 Å². The molecule has 1 aromatic heterocycles. The lowest BCUT2D eigenvalue weighted by Gasteiger charge is -2.18. The maximum absolute atomic E-state index is 5.81. The first-order valence-electron chi connectivity index (χ1n) is 5.63. The van der Waals surface area contributed by atoms with Gasteiger partial charge in [-0.05, 0) is 18.2 Å². The van der Waals surface area contributed by atoms with Gasteiger partial charge in [0, 0.05) is 5.56 Å². The highest BCUT2D eigenvalue weighted by atomic mass is 16.5. The summed E-state index contributed by atoms with van der Waals surface area (Å²) in [5.41, 5.74) is 3.30. The van der Waals surface area contributed by atoms with E-state index in [1.807, 2.05) is 36.4 Å². The quantitative estimate of drug-likeness (QED) is 0.457. The average Bonchev–Trinajstić information content (AvgIpc) is 2.73. The molecule has 0 unspecified atom stereocenters. The van der Waals surface area contributed by atoms with Gasteiger partial charge in [0.05, 0.1) is 17.6 Å². The molecule has 4 rings (SSSR count). The fraction of sp³-hybridized carbons (Fsp3) is 0.0714. The molecule has 3 aromatic rings. The van der Waals surface area contributed by atoms with Gasteiger partial charge >= 0.3 is 6.01 Å².